The maximum atomic E-state index is 12.4. The smallest absolute Gasteiger partial charge is 0.313 e. The molecule has 28 heavy (non-hydrogen) atoms. The number of nitrogens with zero attached hydrogens (tertiary/aromatic N) is 2. The third-order valence-corrected chi connectivity index (χ3v) is 5.14. The Balaban J connectivity index is 1.40. The highest BCUT2D eigenvalue weighted by atomic mass is 35.5. The number of anilines is 1. The molecular formula is C20H15ClN2O5. The second-order valence-corrected chi connectivity index (χ2v) is 6.94. The molecule has 0 spiro atoms. The first-order chi connectivity index (χ1) is 13.5. The van der Waals surface area contributed by atoms with Gasteiger partial charge in [-0.15, -0.1) is 0 Å². The van der Waals surface area contributed by atoms with Crippen molar-refractivity contribution in [1.29, 1.82) is 0 Å². The third-order valence-electron chi connectivity index (χ3n) is 4.82. The van der Waals surface area contributed by atoms with Gasteiger partial charge in [-0.2, -0.15) is 0 Å². The normalized spacial score (nSPS) is 18.6. The van der Waals surface area contributed by atoms with E-state index in [4.69, 9.17) is 16.3 Å². The standard InChI is InChI=1S/C20H15ClN2O5/c21-15-7-3-4-8-16(15)22-10-12(9-17(22)24)20(27)28-11-23-18(25)13-5-1-2-6-14(13)19(23)26/h1-8,12H,9-11H2/t12-/m0/s1. The first-order valence-electron chi connectivity index (χ1n) is 8.64. The number of fused-ring (bicyclic) bond motifs is 1. The fourth-order valence-electron chi connectivity index (χ4n) is 3.37. The monoisotopic (exact) mass is 398 g/mol. The summed E-state index contributed by atoms with van der Waals surface area (Å²) in [4.78, 5) is 51.6. The van der Waals surface area contributed by atoms with Gasteiger partial charge >= 0.3 is 5.97 Å². The van der Waals surface area contributed by atoms with Crippen LogP contribution in [0.2, 0.25) is 5.02 Å². The first kappa shape index (κ1) is 18.2. The van der Waals surface area contributed by atoms with E-state index in [9.17, 15) is 19.2 Å². The molecule has 0 unspecified atom stereocenters. The minimum absolute atomic E-state index is 0.0217. The molecule has 7 nitrogen and oxygen atoms in total. The van der Waals surface area contributed by atoms with Crippen LogP contribution in [0, 0.1) is 5.92 Å². The minimum atomic E-state index is -0.695. The summed E-state index contributed by atoms with van der Waals surface area (Å²) in [5.41, 5.74) is 1.10. The summed E-state index contributed by atoms with van der Waals surface area (Å²) in [5.74, 6) is -2.59. The number of para-hydroxylation sites is 1. The van der Waals surface area contributed by atoms with Crippen LogP contribution >= 0.6 is 11.6 Å². The molecule has 1 saturated heterocycles. The summed E-state index contributed by atoms with van der Waals surface area (Å²) in [6.07, 6.45) is -0.0217. The highest BCUT2D eigenvalue weighted by Crippen LogP contribution is 2.31. The lowest BCUT2D eigenvalue weighted by atomic mass is 10.1. The molecule has 1 atom stereocenters. The van der Waals surface area contributed by atoms with Crippen LogP contribution in [-0.2, 0) is 14.3 Å². The molecule has 1 fully saturated rings. The zero-order valence-corrected chi connectivity index (χ0v) is 15.4. The Kier molecular flexibility index (Phi) is 4.60. The van der Waals surface area contributed by atoms with Crippen LogP contribution in [0.3, 0.4) is 0 Å². The Morgan fingerprint density at radius 1 is 1.00 bits per heavy atom. The molecule has 2 aromatic rings. The Morgan fingerprint density at radius 3 is 2.25 bits per heavy atom. The van der Waals surface area contributed by atoms with Gasteiger partial charge < -0.3 is 9.64 Å². The van der Waals surface area contributed by atoms with Crippen molar-refractivity contribution in [3.05, 3.63) is 64.7 Å². The molecule has 2 aliphatic heterocycles. The van der Waals surface area contributed by atoms with E-state index in [1.165, 1.54) is 4.90 Å². The number of imide groups is 1. The topological polar surface area (TPSA) is 84.0 Å². The molecule has 3 amide bonds. The van der Waals surface area contributed by atoms with Crippen molar-refractivity contribution in [2.24, 2.45) is 5.92 Å². The van der Waals surface area contributed by atoms with Crippen LogP contribution in [0.15, 0.2) is 48.5 Å². The van der Waals surface area contributed by atoms with Crippen molar-refractivity contribution in [3.8, 4) is 0 Å². The number of halogens is 1. The molecule has 0 N–H and O–H groups in total. The number of benzene rings is 2. The van der Waals surface area contributed by atoms with E-state index in [1.807, 2.05) is 0 Å². The van der Waals surface area contributed by atoms with Crippen molar-refractivity contribution >= 4 is 41.0 Å². The SMILES string of the molecule is O=C(OCN1C(=O)c2ccccc2C1=O)[C@H]1CC(=O)N(c2ccccc2Cl)C1. The zero-order valence-electron chi connectivity index (χ0n) is 14.6. The van der Waals surface area contributed by atoms with Gasteiger partial charge in [-0.25, -0.2) is 4.90 Å². The average molecular weight is 399 g/mol. The van der Waals surface area contributed by atoms with Gasteiger partial charge in [0.05, 0.1) is 27.8 Å². The van der Waals surface area contributed by atoms with Crippen molar-refractivity contribution in [1.82, 2.24) is 4.90 Å². The fraction of sp³-hybridized carbons (Fsp3) is 0.200. The van der Waals surface area contributed by atoms with Crippen LogP contribution in [0.5, 0.6) is 0 Å². The molecule has 0 aliphatic carbocycles. The molecule has 0 aromatic heterocycles. The Labute approximate surface area is 165 Å². The van der Waals surface area contributed by atoms with Crippen LogP contribution in [0.25, 0.3) is 0 Å². The Morgan fingerprint density at radius 2 is 1.61 bits per heavy atom. The van der Waals surface area contributed by atoms with Crippen LogP contribution < -0.4 is 4.90 Å². The molecule has 2 aromatic carbocycles. The quantitative estimate of drug-likeness (QED) is 0.583. The fourth-order valence-corrected chi connectivity index (χ4v) is 3.61. The van der Waals surface area contributed by atoms with Gasteiger partial charge in [0.2, 0.25) is 5.91 Å². The minimum Gasteiger partial charge on any atom is -0.443 e. The lowest BCUT2D eigenvalue weighted by Gasteiger charge is -2.18. The molecular weight excluding hydrogens is 384 g/mol. The largest absolute Gasteiger partial charge is 0.443 e. The molecule has 2 heterocycles. The first-order valence-corrected chi connectivity index (χ1v) is 9.02. The number of ether oxygens (including phenoxy) is 1. The van der Waals surface area contributed by atoms with Gasteiger partial charge in [-0.1, -0.05) is 35.9 Å². The van der Waals surface area contributed by atoms with E-state index >= 15 is 0 Å². The summed E-state index contributed by atoms with van der Waals surface area (Å²) >= 11 is 6.13. The summed E-state index contributed by atoms with van der Waals surface area (Å²) < 4.78 is 5.18. The highest BCUT2D eigenvalue weighted by molar-refractivity contribution is 6.33. The van der Waals surface area contributed by atoms with Crippen molar-refractivity contribution in [2.75, 3.05) is 18.2 Å². The van der Waals surface area contributed by atoms with E-state index in [0.717, 1.165) is 4.90 Å². The van der Waals surface area contributed by atoms with Gasteiger partial charge in [0.1, 0.15) is 0 Å². The molecule has 4 rings (SSSR count). The maximum absolute atomic E-state index is 12.4. The van der Waals surface area contributed by atoms with Gasteiger partial charge in [-0.05, 0) is 24.3 Å². The Bertz CT molecular complexity index is 971. The number of hydrogen-bond donors (Lipinski definition) is 0. The Hall–Kier alpha value is -3.19. The summed E-state index contributed by atoms with van der Waals surface area (Å²) in [6, 6.07) is 13.3. The van der Waals surface area contributed by atoms with Crippen LogP contribution in [0.1, 0.15) is 27.1 Å². The van der Waals surface area contributed by atoms with E-state index < -0.39 is 30.4 Å². The van der Waals surface area contributed by atoms with E-state index in [-0.39, 0.29) is 30.0 Å². The van der Waals surface area contributed by atoms with E-state index in [0.29, 0.717) is 10.7 Å². The van der Waals surface area contributed by atoms with Crippen molar-refractivity contribution in [3.63, 3.8) is 0 Å². The predicted molar refractivity (Wildman–Crippen MR) is 99.8 cm³/mol. The van der Waals surface area contributed by atoms with E-state index in [2.05, 4.69) is 0 Å². The summed E-state index contributed by atoms with van der Waals surface area (Å²) in [6.45, 7) is -0.356. The lowest BCUT2D eigenvalue weighted by Crippen LogP contribution is -2.35. The van der Waals surface area contributed by atoms with Crippen LogP contribution in [0.4, 0.5) is 5.69 Å². The molecule has 8 heteroatoms. The molecule has 0 bridgehead atoms. The molecule has 2 aliphatic rings. The summed E-state index contributed by atoms with van der Waals surface area (Å²) in [5, 5.41) is 0.413. The van der Waals surface area contributed by atoms with Crippen molar-refractivity contribution < 1.29 is 23.9 Å². The third kappa shape index (κ3) is 3.03. The predicted octanol–water partition coefficient (Wildman–Crippen LogP) is 2.49. The second kappa shape index (κ2) is 7.09. The average Bonchev–Trinajstić information content (AvgIpc) is 3.19. The molecule has 0 radical (unpaired) electrons. The number of amides is 3. The number of esters is 1. The number of carbonyl (C=O) groups excluding carboxylic acids is 4. The molecule has 142 valence electrons. The van der Waals surface area contributed by atoms with Crippen molar-refractivity contribution in [2.45, 2.75) is 6.42 Å². The highest BCUT2D eigenvalue weighted by Gasteiger charge is 2.39. The second-order valence-electron chi connectivity index (χ2n) is 6.53. The lowest BCUT2D eigenvalue weighted by molar-refractivity contribution is -0.151. The van der Waals surface area contributed by atoms with Gasteiger partial charge in [0.25, 0.3) is 11.8 Å². The van der Waals surface area contributed by atoms with Gasteiger partial charge in [0, 0.05) is 13.0 Å². The number of hydrogen-bond acceptors (Lipinski definition) is 5. The number of rotatable bonds is 4. The zero-order chi connectivity index (χ0) is 19.8. The number of carbonyl (C=O) groups is 4. The van der Waals surface area contributed by atoms with Gasteiger partial charge in [-0.3, -0.25) is 19.2 Å². The maximum Gasteiger partial charge on any atom is 0.313 e. The van der Waals surface area contributed by atoms with Crippen LogP contribution in [-0.4, -0.2) is 41.9 Å². The molecule has 0 saturated carbocycles. The van der Waals surface area contributed by atoms with Gasteiger partial charge in [0.15, 0.2) is 6.73 Å². The van der Waals surface area contributed by atoms with E-state index in [1.54, 1.807) is 48.5 Å². The summed E-state index contributed by atoms with van der Waals surface area (Å²) in [7, 11) is 0.